The quantitative estimate of drug-likeness (QED) is 0.207. The van der Waals surface area contributed by atoms with Crippen LogP contribution in [-0.4, -0.2) is 70.4 Å². The number of anilines is 1. The number of imide groups is 1. The number of Topliss-reactive ketones (excluding diaryl/α,β-unsaturated/α-hetero) is 1. The van der Waals surface area contributed by atoms with E-state index in [1.165, 1.54) is 38.5 Å². The number of methoxy groups -OCH3 is 2. The highest BCUT2D eigenvalue weighted by Gasteiger charge is 2.47. The molecule has 2 aliphatic heterocycles. The zero-order valence-electron chi connectivity index (χ0n) is 21.0. The van der Waals surface area contributed by atoms with E-state index in [0.717, 1.165) is 24.3 Å². The fourth-order valence-corrected chi connectivity index (χ4v) is 7.17. The second-order valence-corrected chi connectivity index (χ2v) is 12.8. The van der Waals surface area contributed by atoms with E-state index in [4.69, 9.17) is 21.1 Å². The zero-order valence-corrected chi connectivity index (χ0v) is 23.4. The van der Waals surface area contributed by atoms with Crippen molar-refractivity contribution in [3.8, 4) is 11.5 Å². The zero-order chi connectivity index (χ0) is 27.5. The molecule has 0 saturated carbocycles. The van der Waals surface area contributed by atoms with Gasteiger partial charge in [0.1, 0.15) is 21.2 Å². The lowest BCUT2D eigenvalue weighted by Crippen LogP contribution is -2.54. The summed E-state index contributed by atoms with van der Waals surface area (Å²) in [4.78, 5) is 38.9. The Kier molecular flexibility index (Phi) is 8.50. The molecule has 0 atom stereocenters. The molecule has 2 saturated heterocycles. The fraction of sp³-hybridized carbons (Fsp3) is 0.458. The first kappa shape index (κ1) is 28.1. The Hall–Kier alpha value is -2.87. The number of carbonyl (C=O) groups is 3. The van der Waals surface area contributed by atoms with Crippen LogP contribution in [0.3, 0.4) is 0 Å². The second-order valence-electron chi connectivity index (χ2n) is 9.13. The van der Waals surface area contributed by atoms with Gasteiger partial charge in [0.25, 0.3) is 15.9 Å². The number of sulfonamides is 1. The molecule has 38 heavy (non-hydrogen) atoms. The molecule has 14 heteroatoms. The lowest BCUT2D eigenvalue weighted by molar-refractivity contribution is -0.125. The minimum atomic E-state index is -3.94. The lowest BCUT2D eigenvalue weighted by Gasteiger charge is -2.36. The summed E-state index contributed by atoms with van der Waals surface area (Å²) in [5.41, 5.74) is -0.437. The van der Waals surface area contributed by atoms with Crippen LogP contribution in [0.15, 0.2) is 28.5 Å². The van der Waals surface area contributed by atoms with E-state index < -0.39 is 21.6 Å². The number of hydrogen-bond donors (Lipinski definition) is 3. The molecule has 2 fully saturated rings. The number of rotatable bonds is 11. The molecule has 2 aromatic rings. The number of nitrogens with one attached hydrogen (secondary N) is 3. The van der Waals surface area contributed by atoms with Crippen molar-refractivity contribution in [3.63, 3.8) is 0 Å². The van der Waals surface area contributed by atoms with Crippen molar-refractivity contribution in [2.45, 2.75) is 41.9 Å². The fourth-order valence-electron chi connectivity index (χ4n) is 4.63. The molecule has 2 aliphatic rings. The van der Waals surface area contributed by atoms with E-state index in [1.807, 2.05) is 0 Å². The van der Waals surface area contributed by atoms with E-state index >= 15 is 0 Å². The second kappa shape index (κ2) is 11.5. The number of likely N-dealkylation sites (tertiary alicyclic amines) is 1. The van der Waals surface area contributed by atoms with Gasteiger partial charge < -0.3 is 19.7 Å². The van der Waals surface area contributed by atoms with E-state index in [-0.39, 0.29) is 45.1 Å². The number of thiophene rings is 1. The molecule has 1 aromatic heterocycles. The minimum absolute atomic E-state index is 0.0350. The number of ether oxygens (including phenoxy) is 2. The van der Waals surface area contributed by atoms with Crippen molar-refractivity contribution < 1.29 is 32.3 Å². The predicted molar refractivity (Wildman–Crippen MR) is 143 cm³/mol. The van der Waals surface area contributed by atoms with E-state index in [1.54, 1.807) is 0 Å². The van der Waals surface area contributed by atoms with Gasteiger partial charge in [0.05, 0.1) is 29.8 Å². The van der Waals surface area contributed by atoms with Gasteiger partial charge in [0.2, 0.25) is 0 Å². The third kappa shape index (κ3) is 6.06. The summed E-state index contributed by atoms with van der Waals surface area (Å²) in [6.07, 6.45) is 2.70. The molecule has 1 aromatic carbocycles. The average molecular weight is 585 g/mol. The number of piperidine rings is 1. The molecular weight excluding hydrogens is 556 g/mol. The molecular formula is C24H29ClN4O7S2. The maximum atomic E-state index is 13.1. The molecule has 0 aliphatic carbocycles. The Bertz CT molecular complexity index is 1340. The highest BCUT2D eigenvalue weighted by atomic mass is 35.5. The molecule has 0 bridgehead atoms. The summed E-state index contributed by atoms with van der Waals surface area (Å²) in [5.74, 6) is 0.0425. The summed E-state index contributed by atoms with van der Waals surface area (Å²) in [6.45, 7) is 2.10. The van der Waals surface area contributed by atoms with Crippen molar-refractivity contribution in [1.29, 1.82) is 0 Å². The molecule has 11 nitrogen and oxygen atoms in total. The van der Waals surface area contributed by atoms with Crippen LogP contribution >= 0.6 is 22.9 Å². The number of unbranched alkanes of at least 4 members (excludes halogenated alkanes) is 1. The molecule has 4 rings (SSSR count). The van der Waals surface area contributed by atoms with Gasteiger partial charge in [0.15, 0.2) is 5.78 Å². The van der Waals surface area contributed by atoms with Gasteiger partial charge in [-0.2, -0.15) is 0 Å². The van der Waals surface area contributed by atoms with Crippen molar-refractivity contribution in [2.24, 2.45) is 0 Å². The highest BCUT2D eigenvalue weighted by molar-refractivity contribution is 7.94. The van der Waals surface area contributed by atoms with Gasteiger partial charge in [-0.1, -0.05) is 11.6 Å². The van der Waals surface area contributed by atoms with Crippen LogP contribution in [0.2, 0.25) is 4.34 Å². The first-order chi connectivity index (χ1) is 18.1. The molecule has 3 N–H and O–H groups in total. The molecule has 0 unspecified atom stereocenters. The van der Waals surface area contributed by atoms with Crippen LogP contribution in [-0.2, 0) is 14.8 Å². The highest BCUT2D eigenvalue weighted by Crippen LogP contribution is 2.36. The van der Waals surface area contributed by atoms with Gasteiger partial charge in [-0.25, -0.2) is 13.2 Å². The van der Waals surface area contributed by atoms with Gasteiger partial charge >= 0.3 is 6.03 Å². The monoisotopic (exact) mass is 584 g/mol. The Morgan fingerprint density at radius 2 is 1.84 bits per heavy atom. The first-order valence-electron chi connectivity index (χ1n) is 12.0. The maximum absolute atomic E-state index is 13.1. The number of amides is 3. The minimum Gasteiger partial charge on any atom is -0.496 e. The Balaban J connectivity index is 1.35. The van der Waals surface area contributed by atoms with Crippen LogP contribution in [0.1, 0.15) is 42.5 Å². The maximum Gasteiger partial charge on any atom is 0.322 e. The van der Waals surface area contributed by atoms with Crippen LogP contribution in [0, 0.1) is 0 Å². The lowest BCUT2D eigenvalue weighted by atomic mass is 9.87. The smallest absolute Gasteiger partial charge is 0.322 e. The Labute approximate surface area is 229 Å². The number of halogens is 1. The van der Waals surface area contributed by atoms with Crippen LogP contribution < -0.4 is 24.8 Å². The molecule has 3 amide bonds. The molecule has 0 radical (unpaired) electrons. The Morgan fingerprint density at radius 3 is 2.42 bits per heavy atom. The summed E-state index contributed by atoms with van der Waals surface area (Å²) >= 11 is 6.81. The summed E-state index contributed by atoms with van der Waals surface area (Å²) in [7, 11) is -1.11. The molecule has 1 spiro atoms. The standard InChI is InChI=1S/C24H29ClN4O7S2/c1-35-18-14-19(36-2)16(28-38(33,34)21-7-6-20(25)37-21)13-15(18)17(30)5-3-4-10-29-11-8-24(9-12-29)22(31)26-23(32)27-24/h6-7,13-14,28H,3-5,8-12H2,1-2H3,(H2,26,27,31,32). The largest absolute Gasteiger partial charge is 0.496 e. The average Bonchev–Trinajstić information content (AvgIpc) is 3.45. The van der Waals surface area contributed by atoms with Crippen molar-refractivity contribution in [2.75, 3.05) is 38.6 Å². The first-order valence-corrected chi connectivity index (χ1v) is 14.7. The van der Waals surface area contributed by atoms with E-state index in [0.29, 0.717) is 36.7 Å². The third-order valence-electron chi connectivity index (χ3n) is 6.73. The number of ketones is 1. The van der Waals surface area contributed by atoms with E-state index in [9.17, 15) is 22.8 Å². The molecule has 206 valence electrons. The summed E-state index contributed by atoms with van der Waals surface area (Å²) < 4.78 is 39.2. The topological polar surface area (TPSA) is 143 Å². The number of carbonyl (C=O) groups excluding carboxylic acids is 3. The van der Waals surface area contributed by atoms with Crippen molar-refractivity contribution in [1.82, 2.24) is 15.5 Å². The van der Waals surface area contributed by atoms with Crippen molar-refractivity contribution >= 4 is 56.4 Å². The summed E-state index contributed by atoms with van der Waals surface area (Å²) in [5, 5.41) is 5.06. The van der Waals surface area contributed by atoms with Gasteiger partial charge in [-0.3, -0.25) is 19.6 Å². The number of nitrogens with zero attached hydrogens (tertiary/aromatic N) is 1. The third-order valence-corrected chi connectivity index (χ3v) is 9.82. The number of hydrogen-bond acceptors (Lipinski definition) is 9. The van der Waals surface area contributed by atoms with Crippen molar-refractivity contribution in [3.05, 3.63) is 34.2 Å². The Morgan fingerprint density at radius 1 is 1.13 bits per heavy atom. The van der Waals surface area contributed by atoms with E-state index in [2.05, 4.69) is 20.3 Å². The van der Waals surface area contributed by atoms with Gasteiger partial charge in [-0.05, 0) is 50.4 Å². The van der Waals surface area contributed by atoms with Gasteiger partial charge in [-0.15, -0.1) is 11.3 Å². The SMILES string of the molecule is COc1cc(OC)c(C(=O)CCCCN2CCC3(CC2)NC(=O)NC3=O)cc1NS(=O)(=O)c1ccc(Cl)s1. The van der Waals surface area contributed by atoms with Gasteiger partial charge in [0, 0.05) is 25.6 Å². The van der Waals surface area contributed by atoms with Crippen LogP contribution in [0.25, 0.3) is 0 Å². The van der Waals surface area contributed by atoms with Crippen LogP contribution in [0.4, 0.5) is 10.5 Å². The number of benzene rings is 1. The van der Waals surface area contributed by atoms with Crippen LogP contribution in [0.5, 0.6) is 11.5 Å². The normalized spacial score (nSPS) is 17.2. The summed E-state index contributed by atoms with van der Waals surface area (Å²) in [6, 6.07) is 5.36. The number of urea groups is 1. The predicted octanol–water partition coefficient (Wildman–Crippen LogP) is 3.25. The molecule has 3 heterocycles.